The first-order chi connectivity index (χ1) is 15.0. The van der Waals surface area contributed by atoms with Crippen molar-refractivity contribution in [2.24, 2.45) is 0 Å². The van der Waals surface area contributed by atoms with Gasteiger partial charge in [-0.3, -0.25) is 9.59 Å². The normalized spacial score (nSPS) is 11.1. The third kappa shape index (κ3) is 4.09. The number of benzene rings is 2. The second-order valence-corrected chi connectivity index (χ2v) is 8.11. The molecule has 8 nitrogen and oxygen atoms in total. The molecule has 0 aliphatic rings. The average molecular weight is 438 g/mol. The fourth-order valence-electron chi connectivity index (χ4n) is 3.27. The number of amides is 1. The number of nitrogens with one attached hydrogen (secondary N) is 1. The van der Waals surface area contributed by atoms with E-state index >= 15 is 0 Å². The predicted octanol–water partition coefficient (Wildman–Crippen LogP) is 3.93. The number of carbonyl (C=O) groups is 1. The number of rotatable bonds is 7. The van der Waals surface area contributed by atoms with E-state index in [1.54, 1.807) is 37.3 Å². The summed E-state index contributed by atoms with van der Waals surface area (Å²) in [5.41, 5.74) is 1.46. The van der Waals surface area contributed by atoms with Crippen molar-refractivity contribution in [3.05, 3.63) is 58.4 Å². The molecule has 2 aromatic carbocycles. The second kappa shape index (κ2) is 8.73. The molecule has 4 aromatic rings. The van der Waals surface area contributed by atoms with E-state index in [0.29, 0.717) is 38.9 Å². The van der Waals surface area contributed by atoms with Crippen molar-refractivity contribution in [2.45, 2.75) is 19.8 Å². The molecule has 160 valence electrons. The van der Waals surface area contributed by atoms with Gasteiger partial charge in [0.05, 0.1) is 23.7 Å². The highest BCUT2D eigenvalue weighted by molar-refractivity contribution is 7.20. The van der Waals surface area contributed by atoms with Crippen molar-refractivity contribution < 1.29 is 9.53 Å². The number of hydrogen-bond acceptors (Lipinski definition) is 7. The Morgan fingerprint density at radius 3 is 2.84 bits per heavy atom. The molecule has 31 heavy (non-hydrogen) atoms. The van der Waals surface area contributed by atoms with Crippen LogP contribution in [0.4, 0.5) is 10.8 Å². The largest absolute Gasteiger partial charge is 0.495 e. The van der Waals surface area contributed by atoms with Crippen LogP contribution >= 0.6 is 11.3 Å². The molecule has 0 aliphatic carbocycles. The van der Waals surface area contributed by atoms with E-state index in [2.05, 4.69) is 22.3 Å². The summed E-state index contributed by atoms with van der Waals surface area (Å²) in [5, 5.41) is 8.48. The van der Waals surface area contributed by atoms with Gasteiger partial charge in [0, 0.05) is 19.2 Å². The van der Waals surface area contributed by atoms with Crippen LogP contribution in [0.15, 0.2) is 47.3 Å². The van der Waals surface area contributed by atoms with Crippen molar-refractivity contribution in [1.82, 2.24) is 19.5 Å². The summed E-state index contributed by atoms with van der Waals surface area (Å²) in [4.78, 5) is 32.4. The molecule has 0 fully saturated rings. The second-order valence-electron chi connectivity index (χ2n) is 7.16. The number of nitrogens with zero attached hydrogens (tertiary/aromatic N) is 4. The van der Waals surface area contributed by atoms with E-state index in [0.717, 1.165) is 18.5 Å². The predicted molar refractivity (Wildman–Crippen MR) is 123 cm³/mol. The Balaban J connectivity index is 1.71. The molecule has 0 unspecified atom stereocenters. The van der Waals surface area contributed by atoms with Crippen molar-refractivity contribution in [2.75, 3.05) is 26.0 Å². The molecule has 1 N–H and O–H groups in total. The summed E-state index contributed by atoms with van der Waals surface area (Å²) in [5.74, 6) is 0.586. The Morgan fingerprint density at radius 1 is 1.26 bits per heavy atom. The van der Waals surface area contributed by atoms with Gasteiger partial charge in [0.1, 0.15) is 5.75 Å². The molecule has 2 aromatic heterocycles. The lowest BCUT2D eigenvalue weighted by Gasteiger charge is -2.16. The average Bonchev–Trinajstić information content (AvgIpc) is 3.19. The van der Waals surface area contributed by atoms with Gasteiger partial charge in [-0.2, -0.15) is 4.52 Å². The van der Waals surface area contributed by atoms with Crippen molar-refractivity contribution >= 4 is 43.9 Å². The van der Waals surface area contributed by atoms with Gasteiger partial charge in [0.2, 0.25) is 10.1 Å². The number of unbranched alkanes of at least 4 members (excludes halogenated alkanes) is 1. The molecule has 1 amide bonds. The van der Waals surface area contributed by atoms with Crippen molar-refractivity contribution in [3.8, 4) is 5.75 Å². The van der Waals surface area contributed by atoms with Crippen LogP contribution in [0.2, 0.25) is 0 Å². The summed E-state index contributed by atoms with van der Waals surface area (Å²) < 4.78 is 6.63. The maximum Gasteiger partial charge on any atom is 0.283 e. The van der Waals surface area contributed by atoms with E-state index in [4.69, 9.17) is 4.74 Å². The van der Waals surface area contributed by atoms with E-state index in [-0.39, 0.29) is 11.5 Å². The minimum absolute atomic E-state index is 0.0832. The molecule has 0 atom stereocenters. The van der Waals surface area contributed by atoms with Gasteiger partial charge in [0.25, 0.3) is 11.5 Å². The van der Waals surface area contributed by atoms with Crippen molar-refractivity contribution in [1.29, 1.82) is 0 Å². The van der Waals surface area contributed by atoms with E-state index in [1.807, 2.05) is 24.3 Å². The highest BCUT2D eigenvalue weighted by Crippen LogP contribution is 2.29. The third-order valence-electron chi connectivity index (χ3n) is 4.99. The fraction of sp³-hybridized carbons (Fsp3) is 0.273. The number of anilines is 2. The van der Waals surface area contributed by atoms with Crippen LogP contribution < -0.4 is 15.6 Å². The van der Waals surface area contributed by atoms with Gasteiger partial charge in [-0.1, -0.05) is 36.8 Å². The first kappa shape index (κ1) is 20.8. The molecule has 2 heterocycles. The zero-order valence-corrected chi connectivity index (χ0v) is 18.4. The van der Waals surface area contributed by atoms with E-state index in [1.165, 1.54) is 15.9 Å². The molecule has 0 spiro atoms. The lowest BCUT2D eigenvalue weighted by molar-refractivity contribution is 0.0793. The SMILES string of the molecule is CCCCN(C)C(=O)c1ccc2c(=O)n3nc(Nc4ccccc4OC)sc3nc2c1. The number of ether oxygens (including phenoxy) is 1. The van der Waals surface area contributed by atoms with Crippen LogP contribution in [0.3, 0.4) is 0 Å². The van der Waals surface area contributed by atoms with Gasteiger partial charge in [0.15, 0.2) is 0 Å². The van der Waals surface area contributed by atoms with Crippen LogP contribution in [0.5, 0.6) is 5.75 Å². The standard InChI is InChI=1S/C22H23N5O3S/c1-4-5-12-26(2)19(28)14-10-11-15-17(13-14)24-22-27(20(15)29)25-21(31-22)23-16-8-6-7-9-18(16)30-3/h6-11,13H,4-5,12H2,1-3H3,(H,23,25). The van der Waals surface area contributed by atoms with Crippen LogP contribution in [-0.2, 0) is 0 Å². The fourth-order valence-corrected chi connectivity index (χ4v) is 4.08. The molecule has 0 bridgehead atoms. The highest BCUT2D eigenvalue weighted by Gasteiger charge is 2.16. The number of para-hydroxylation sites is 2. The van der Waals surface area contributed by atoms with Crippen LogP contribution in [0.1, 0.15) is 30.1 Å². The topological polar surface area (TPSA) is 88.8 Å². The number of methoxy groups -OCH3 is 1. The molecule has 9 heteroatoms. The molecule has 0 aliphatic heterocycles. The van der Waals surface area contributed by atoms with Gasteiger partial charge < -0.3 is 15.0 Å². The van der Waals surface area contributed by atoms with Gasteiger partial charge >= 0.3 is 0 Å². The zero-order valence-electron chi connectivity index (χ0n) is 17.6. The number of fused-ring (bicyclic) bond motifs is 2. The Hall–Kier alpha value is -3.46. The van der Waals surface area contributed by atoms with E-state index < -0.39 is 0 Å². The summed E-state index contributed by atoms with van der Waals surface area (Å²) in [6.45, 7) is 2.78. The number of hydrogen-bond donors (Lipinski definition) is 1. The summed E-state index contributed by atoms with van der Waals surface area (Å²) in [7, 11) is 3.38. The Labute approximate surface area is 183 Å². The zero-order chi connectivity index (χ0) is 22.0. The molecule has 0 saturated heterocycles. The van der Waals surface area contributed by atoms with Gasteiger partial charge in [-0.25, -0.2) is 4.98 Å². The lowest BCUT2D eigenvalue weighted by Crippen LogP contribution is -2.27. The van der Waals surface area contributed by atoms with E-state index in [9.17, 15) is 9.59 Å². The van der Waals surface area contributed by atoms with Crippen LogP contribution in [0, 0.1) is 0 Å². The molecular formula is C22H23N5O3S. The Kier molecular flexibility index (Phi) is 5.85. The molecule has 4 rings (SSSR count). The Bertz CT molecular complexity index is 1310. The van der Waals surface area contributed by atoms with Crippen molar-refractivity contribution in [3.63, 3.8) is 0 Å². The maximum atomic E-state index is 13.0. The van der Waals surface area contributed by atoms with Gasteiger partial charge in [-0.05, 0) is 36.8 Å². The Morgan fingerprint density at radius 2 is 2.06 bits per heavy atom. The lowest BCUT2D eigenvalue weighted by atomic mass is 10.1. The number of carbonyl (C=O) groups excluding carboxylic acids is 1. The molecule has 0 radical (unpaired) electrons. The minimum atomic E-state index is -0.275. The van der Waals surface area contributed by atoms with Gasteiger partial charge in [-0.15, -0.1) is 5.10 Å². The third-order valence-corrected chi connectivity index (χ3v) is 5.81. The quantitative estimate of drug-likeness (QED) is 0.471. The first-order valence-electron chi connectivity index (χ1n) is 10.0. The van der Waals surface area contributed by atoms with Crippen LogP contribution in [0.25, 0.3) is 15.9 Å². The monoisotopic (exact) mass is 437 g/mol. The summed E-state index contributed by atoms with van der Waals surface area (Å²) in [6.07, 6.45) is 1.96. The number of aromatic nitrogens is 3. The summed E-state index contributed by atoms with van der Waals surface area (Å²) in [6, 6.07) is 12.4. The summed E-state index contributed by atoms with van der Waals surface area (Å²) >= 11 is 1.25. The maximum absolute atomic E-state index is 13.0. The molecular weight excluding hydrogens is 414 g/mol. The highest BCUT2D eigenvalue weighted by atomic mass is 32.1. The molecule has 0 saturated carbocycles. The van der Waals surface area contributed by atoms with Crippen LogP contribution in [-0.4, -0.2) is 46.1 Å². The first-order valence-corrected chi connectivity index (χ1v) is 10.8. The smallest absolute Gasteiger partial charge is 0.283 e. The minimum Gasteiger partial charge on any atom is -0.495 e.